The van der Waals surface area contributed by atoms with Gasteiger partial charge >= 0.3 is 0 Å². The smallest absolute Gasteiger partial charge is 0.162 e. The lowest BCUT2D eigenvalue weighted by Gasteiger charge is -2.48. The molecule has 0 aliphatic heterocycles. The maximum atomic E-state index is 5.46. The van der Waals surface area contributed by atoms with Crippen LogP contribution in [0, 0.1) is 0 Å². The van der Waals surface area contributed by atoms with E-state index in [4.69, 9.17) is 9.97 Å². The van der Waals surface area contributed by atoms with Gasteiger partial charge in [0.2, 0.25) is 0 Å². The molecule has 0 fully saturated rings. The summed E-state index contributed by atoms with van der Waals surface area (Å²) in [6.45, 7) is 0. The summed E-state index contributed by atoms with van der Waals surface area (Å²) in [5.74, 6) is 1.52. The Kier molecular flexibility index (Phi) is 7.36. The number of rotatable bonds is 3. The van der Waals surface area contributed by atoms with Crippen molar-refractivity contribution in [1.82, 2.24) is 14.5 Å². The van der Waals surface area contributed by atoms with Crippen molar-refractivity contribution in [2.75, 3.05) is 0 Å². The van der Waals surface area contributed by atoms with E-state index in [1.54, 1.807) is 0 Å². The average molecular weight is 850 g/mol. The molecule has 15 rings (SSSR count). The summed E-state index contributed by atoms with van der Waals surface area (Å²) in [4.78, 5) is 10.7. The van der Waals surface area contributed by atoms with E-state index < -0.39 is 10.8 Å². The highest BCUT2D eigenvalue weighted by Gasteiger charge is 2.59. The zero-order valence-corrected chi connectivity index (χ0v) is 36.4. The second-order valence-corrected chi connectivity index (χ2v) is 18.3. The van der Waals surface area contributed by atoms with Gasteiger partial charge in [0.1, 0.15) is 5.82 Å². The number of hydrogen-bond acceptors (Lipinski definition) is 2. The van der Waals surface area contributed by atoms with Crippen LogP contribution in [0.2, 0.25) is 0 Å². The fourth-order valence-corrected chi connectivity index (χ4v) is 12.9. The van der Waals surface area contributed by atoms with Crippen LogP contribution in [-0.4, -0.2) is 14.5 Å². The number of hydrogen-bond donors (Lipinski definition) is 0. The van der Waals surface area contributed by atoms with Crippen LogP contribution in [-0.2, 0) is 10.8 Å². The lowest BCUT2D eigenvalue weighted by atomic mass is 9.52. The van der Waals surface area contributed by atoms with Crippen LogP contribution in [0.1, 0.15) is 44.5 Å². The highest BCUT2D eigenvalue weighted by Crippen LogP contribution is 2.68. The van der Waals surface area contributed by atoms with E-state index in [1.807, 2.05) is 6.07 Å². The number of nitrogens with zero attached hydrogens (tertiary/aromatic N) is 3. The number of aromatic nitrogens is 3. The zero-order chi connectivity index (χ0) is 43.8. The van der Waals surface area contributed by atoms with Crippen molar-refractivity contribution in [1.29, 1.82) is 0 Å². The summed E-state index contributed by atoms with van der Waals surface area (Å²) < 4.78 is 2.40. The van der Waals surface area contributed by atoms with E-state index in [9.17, 15) is 0 Å². The first kappa shape index (κ1) is 36.7. The Labute approximate surface area is 388 Å². The molecule has 0 saturated carbocycles. The summed E-state index contributed by atoms with van der Waals surface area (Å²) in [6, 6.07) is 87.5. The first-order valence-electron chi connectivity index (χ1n) is 23.2. The SMILES string of the molecule is c1ccc(-c2cc(-n3c4ccc5c(c4c4c6ccccc6ccc43)-c3ccccc3C53c4ccccc4C4(c5ccccc5-c5ccccc54)c4ccccc43)nc(-c3ccccc3)n2)cc1. The lowest BCUT2D eigenvalue weighted by molar-refractivity contribution is 0.633. The maximum absolute atomic E-state index is 5.46. The molecular weight excluding hydrogens is 811 g/mol. The Bertz CT molecular complexity index is 3900. The van der Waals surface area contributed by atoms with E-state index >= 15 is 0 Å². The molecule has 3 nitrogen and oxygen atoms in total. The van der Waals surface area contributed by atoms with Crippen molar-refractivity contribution in [3.05, 3.63) is 281 Å². The monoisotopic (exact) mass is 849 g/mol. The largest absolute Gasteiger partial charge is 0.294 e. The molecule has 2 heterocycles. The molecule has 0 amide bonds. The van der Waals surface area contributed by atoms with Gasteiger partial charge in [0, 0.05) is 28.0 Å². The Balaban J connectivity index is 1.10. The van der Waals surface area contributed by atoms with Crippen LogP contribution in [0.3, 0.4) is 0 Å². The molecule has 0 radical (unpaired) electrons. The molecule has 310 valence electrons. The third kappa shape index (κ3) is 4.60. The minimum absolute atomic E-state index is 0.500. The van der Waals surface area contributed by atoms with E-state index in [2.05, 4.69) is 235 Å². The van der Waals surface area contributed by atoms with E-state index in [0.717, 1.165) is 33.7 Å². The van der Waals surface area contributed by atoms with Crippen LogP contribution in [0.25, 0.3) is 83.3 Å². The molecular formula is C64H39N3. The summed E-state index contributed by atoms with van der Waals surface area (Å²) in [6.07, 6.45) is 0. The highest BCUT2D eigenvalue weighted by molar-refractivity contribution is 6.26. The first-order chi connectivity index (χ1) is 33.3. The van der Waals surface area contributed by atoms with Crippen molar-refractivity contribution in [2.24, 2.45) is 0 Å². The van der Waals surface area contributed by atoms with Gasteiger partial charge in [-0.2, -0.15) is 0 Å². The molecule has 0 N–H and O–H groups in total. The topological polar surface area (TPSA) is 30.7 Å². The molecule has 12 aromatic rings. The van der Waals surface area contributed by atoms with E-state index in [-0.39, 0.29) is 0 Å². The predicted molar refractivity (Wildman–Crippen MR) is 273 cm³/mol. The molecule has 0 bridgehead atoms. The average Bonchev–Trinajstić information content (AvgIpc) is 4.02. The first-order valence-corrected chi connectivity index (χ1v) is 23.2. The van der Waals surface area contributed by atoms with Crippen LogP contribution in [0.4, 0.5) is 0 Å². The van der Waals surface area contributed by atoms with Crippen LogP contribution in [0.15, 0.2) is 237 Å². The summed E-state index contributed by atoms with van der Waals surface area (Å²) in [5, 5.41) is 4.89. The van der Waals surface area contributed by atoms with Gasteiger partial charge in [-0.15, -0.1) is 0 Å². The van der Waals surface area contributed by atoms with E-state index in [0.29, 0.717) is 5.82 Å². The fraction of sp³-hybridized carbons (Fsp3) is 0.0312. The quantitative estimate of drug-likeness (QED) is 0.177. The zero-order valence-electron chi connectivity index (χ0n) is 36.4. The lowest BCUT2D eigenvalue weighted by Crippen LogP contribution is -2.43. The molecule has 0 unspecified atom stereocenters. The maximum Gasteiger partial charge on any atom is 0.162 e. The molecule has 67 heavy (non-hydrogen) atoms. The Morgan fingerprint density at radius 2 is 0.791 bits per heavy atom. The second kappa shape index (κ2) is 13.4. The molecule has 0 saturated heterocycles. The van der Waals surface area contributed by atoms with Gasteiger partial charge in [-0.25, -0.2) is 9.97 Å². The van der Waals surface area contributed by atoms with Gasteiger partial charge in [-0.3, -0.25) is 4.57 Å². The predicted octanol–water partition coefficient (Wildman–Crippen LogP) is 15.1. The van der Waals surface area contributed by atoms with Gasteiger partial charge in [0.15, 0.2) is 5.82 Å². The standard InChI is InChI=1S/C64H39N3/c1-3-20-41(21-4-1)55-39-58(66-62(65-55)42-22-5-2-6-23-42)67-56-37-35-40-19-7-8-24-43(40)60(56)61-57(67)38-36-54-59(61)46-27-11-14-30-49(46)64(54)52-33-17-15-31-50(52)63(51-32-16-18-34-53(51)64)47-28-12-9-25-44(47)45-26-10-13-29-48(45)63/h1-39H. The van der Waals surface area contributed by atoms with Crippen molar-refractivity contribution in [2.45, 2.75) is 10.8 Å². The Morgan fingerprint density at radius 1 is 0.328 bits per heavy atom. The van der Waals surface area contributed by atoms with Crippen molar-refractivity contribution in [3.63, 3.8) is 0 Å². The molecule has 3 heteroatoms. The minimum atomic E-state index is -0.611. The van der Waals surface area contributed by atoms with E-state index in [1.165, 1.54) is 88.3 Å². The second-order valence-electron chi connectivity index (χ2n) is 18.3. The third-order valence-electron chi connectivity index (χ3n) is 15.3. The highest BCUT2D eigenvalue weighted by atomic mass is 15.1. The van der Waals surface area contributed by atoms with Gasteiger partial charge in [0.25, 0.3) is 0 Å². The molecule has 10 aromatic carbocycles. The van der Waals surface area contributed by atoms with Gasteiger partial charge < -0.3 is 0 Å². The van der Waals surface area contributed by atoms with Gasteiger partial charge in [-0.1, -0.05) is 218 Å². The Hall–Kier alpha value is -8.66. The molecule has 0 atom stereocenters. The van der Waals surface area contributed by atoms with Crippen LogP contribution in [0.5, 0.6) is 0 Å². The van der Waals surface area contributed by atoms with Crippen molar-refractivity contribution >= 4 is 32.6 Å². The Morgan fingerprint density at radius 3 is 1.42 bits per heavy atom. The summed E-state index contributed by atoms with van der Waals surface area (Å²) in [7, 11) is 0. The number of fused-ring (bicyclic) bond motifs is 22. The minimum Gasteiger partial charge on any atom is -0.294 e. The summed E-state index contributed by atoms with van der Waals surface area (Å²) in [5.41, 5.74) is 19.8. The number of benzene rings is 10. The summed E-state index contributed by atoms with van der Waals surface area (Å²) >= 11 is 0. The molecule has 3 aliphatic carbocycles. The molecule has 2 aromatic heterocycles. The normalized spacial score (nSPS) is 14.2. The van der Waals surface area contributed by atoms with Crippen LogP contribution >= 0.6 is 0 Å². The van der Waals surface area contributed by atoms with Gasteiger partial charge in [0.05, 0.1) is 27.6 Å². The van der Waals surface area contributed by atoms with Crippen LogP contribution < -0.4 is 0 Å². The van der Waals surface area contributed by atoms with Crippen molar-refractivity contribution in [3.8, 4) is 50.7 Å². The fourth-order valence-electron chi connectivity index (χ4n) is 12.9. The molecule has 2 spiro atoms. The van der Waals surface area contributed by atoms with Crippen molar-refractivity contribution < 1.29 is 0 Å². The molecule has 3 aliphatic rings. The van der Waals surface area contributed by atoms with Gasteiger partial charge in [-0.05, 0) is 89.7 Å². The third-order valence-corrected chi connectivity index (χ3v) is 15.3.